The van der Waals surface area contributed by atoms with Gasteiger partial charge in [-0.05, 0) is 30.0 Å². The Labute approximate surface area is 133 Å². The van der Waals surface area contributed by atoms with Gasteiger partial charge in [-0.3, -0.25) is 9.59 Å². The van der Waals surface area contributed by atoms with E-state index in [1.54, 1.807) is 9.80 Å². The fourth-order valence-corrected chi connectivity index (χ4v) is 3.86. The van der Waals surface area contributed by atoms with E-state index in [0.717, 1.165) is 21.4 Å². The van der Waals surface area contributed by atoms with Gasteiger partial charge < -0.3 is 9.80 Å². The molecule has 1 aliphatic heterocycles. The molecular weight excluding hydrogens is 296 g/mol. The van der Waals surface area contributed by atoms with Crippen LogP contribution in [-0.2, 0) is 4.79 Å². The SMILES string of the molecule is C=CC(=O)N1CC[C@@H](N(C)C(=O)c2cc3ccccc3s2)C1. The van der Waals surface area contributed by atoms with Crippen LogP contribution in [0.15, 0.2) is 43.0 Å². The molecule has 0 spiro atoms. The van der Waals surface area contributed by atoms with Crippen molar-refractivity contribution in [3.63, 3.8) is 0 Å². The molecule has 1 fully saturated rings. The van der Waals surface area contributed by atoms with E-state index in [1.165, 1.54) is 17.4 Å². The lowest BCUT2D eigenvalue weighted by molar-refractivity contribution is -0.125. The summed E-state index contributed by atoms with van der Waals surface area (Å²) in [5, 5.41) is 1.10. The second kappa shape index (κ2) is 5.93. The lowest BCUT2D eigenvalue weighted by atomic mass is 10.2. The van der Waals surface area contributed by atoms with Gasteiger partial charge in [-0.2, -0.15) is 0 Å². The van der Waals surface area contributed by atoms with E-state index < -0.39 is 0 Å². The molecule has 0 aliphatic carbocycles. The average molecular weight is 314 g/mol. The molecule has 0 saturated carbocycles. The molecule has 3 rings (SSSR count). The van der Waals surface area contributed by atoms with Gasteiger partial charge in [-0.1, -0.05) is 24.8 Å². The Morgan fingerprint density at radius 3 is 2.91 bits per heavy atom. The summed E-state index contributed by atoms with van der Waals surface area (Å²) in [7, 11) is 1.82. The van der Waals surface area contributed by atoms with Gasteiger partial charge in [0, 0.05) is 24.8 Å². The first-order valence-corrected chi connectivity index (χ1v) is 8.09. The Bertz CT molecular complexity index is 704. The van der Waals surface area contributed by atoms with Gasteiger partial charge in [0.2, 0.25) is 5.91 Å². The van der Waals surface area contributed by atoms with Crippen LogP contribution in [0.4, 0.5) is 0 Å². The van der Waals surface area contributed by atoms with Crippen molar-refractivity contribution >= 4 is 33.2 Å². The molecule has 2 aromatic rings. The lowest BCUT2D eigenvalue weighted by Gasteiger charge is -2.24. The summed E-state index contributed by atoms with van der Waals surface area (Å²) >= 11 is 1.52. The Hall–Kier alpha value is -2.14. The highest BCUT2D eigenvalue weighted by atomic mass is 32.1. The van der Waals surface area contributed by atoms with Crippen molar-refractivity contribution in [2.45, 2.75) is 12.5 Å². The van der Waals surface area contributed by atoms with E-state index in [4.69, 9.17) is 0 Å². The molecule has 0 radical (unpaired) electrons. The number of carbonyl (C=O) groups is 2. The van der Waals surface area contributed by atoms with Crippen LogP contribution in [0.1, 0.15) is 16.1 Å². The second-order valence-electron chi connectivity index (χ2n) is 5.50. The van der Waals surface area contributed by atoms with Gasteiger partial charge in [0.15, 0.2) is 0 Å². The third-order valence-electron chi connectivity index (χ3n) is 4.15. The van der Waals surface area contributed by atoms with E-state index in [-0.39, 0.29) is 17.9 Å². The van der Waals surface area contributed by atoms with Gasteiger partial charge in [0.25, 0.3) is 5.91 Å². The zero-order valence-corrected chi connectivity index (χ0v) is 13.3. The number of carbonyl (C=O) groups excluding carboxylic acids is 2. The first-order chi connectivity index (χ1) is 10.6. The number of likely N-dealkylation sites (N-methyl/N-ethyl adjacent to an activating group) is 1. The van der Waals surface area contributed by atoms with Gasteiger partial charge in [0.1, 0.15) is 0 Å². The van der Waals surface area contributed by atoms with Crippen LogP contribution in [0.3, 0.4) is 0 Å². The Kier molecular flexibility index (Phi) is 3.98. The maximum Gasteiger partial charge on any atom is 0.264 e. The van der Waals surface area contributed by atoms with E-state index >= 15 is 0 Å². The summed E-state index contributed by atoms with van der Waals surface area (Å²) in [5.74, 6) is -0.0377. The molecule has 5 heteroatoms. The average Bonchev–Trinajstić information content (AvgIpc) is 3.19. The Morgan fingerprint density at radius 2 is 2.18 bits per heavy atom. The van der Waals surface area contributed by atoms with Crippen LogP contribution >= 0.6 is 11.3 Å². The fourth-order valence-electron chi connectivity index (χ4n) is 2.81. The third kappa shape index (κ3) is 2.64. The molecule has 0 bridgehead atoms. The molecule has 114 valence electrons. The van der Waals surface area contributed by atoms with E-state index in [0.29, 0.717) is 13.1 Å². The van der Waals surface area contributed by atoms with Crippen molar-refractivity contribution in [3.8, 4) is 0 Å². The van der Waals surface area contributed by atoms with Crippen molar-refractivity contribution < 1.29 is 9.59 Å². The molecule has 0 unspecified atom stereocenters. The Balaban J connectivity index is 1.74. The Morgan fingerprint density at radius 1 is 1.41 bits per heavy atom. The topological polar surface area (TPSA) is 40.6 Å². The smallest absolute Gasteiger partial charge is 0.264 e. The zero-order chi connectivity index (χ0) is 15.7. The maximum absolute atomic E-state index is 12.7. The molecule has 4 nitrogen and oxygen atoms in total. The van der Waals surface area contributed by atoms with Crippen LogP contribution in [0.2, 0.25) is 0 Å². The van der Waals surface area contributed by atoms with Crippen molar-refractivity contribution in [3.05, 3.63) is 47.9 Å². The molecule has 2 amide bonds. The summed E-state index contributed by atoms with van der Waals surface area (Å²) in [5.41, 5.74) is 0. The van der Waals surface area contributed by atoms with Crippen LogP contribution in [0.5, 0.6) is 0 Å². The molecule has 22 heavy (non-hydrogen) atoms. The number of benzene rings is 1. The van der Waals surface area contributed by atoms with Crippen molar-refractivity contribution in [1.29, 1.82) is 0 Å². The minimum absolute atomic E-state index is 0.0269. The zero-order valence-electron chi connectivity index (χ0n) is 12.5. The number of rotatable bonds is 3. The summed E-state index contributed by atoms with van der Waals surface area (Å²) < 4.78 is 1.12. The van der Waals surface area contributed by atoms with E-state index in [1.807, 2.05) is 37.4 Å². The van der Waals surface area contributed by atoms with Crippen molar-refractivity contribution in [2.24, 2.45) is 0 Å². The standard InChI is InChI=1S/C17H18N2O2S/c1-3-16(20)19-9-8-13(11-19)18(2)17(21)15-10-12-6-4-5-7-14(12)22-15/h3-7,10,13H,1,8-9,11H2,2H3/t13-/m1/s1. The van der Waals surface area contributed by atoms with E-state index in [9.17, 15) is 9.59 Å². The molecule has 1 saturated heterocycles. The first kappa shape index (κ1) is 14.8. The van der Waals surface area contributed by atoms with Gasteiger partial charge in [0.05, 0.1) is 10.9 Å². The van der Waals surface area contributed by atoms with Crippen LogP contribution in [-0.4, -0.2) is 47.8 Å². The third-order valence-corrected chi connectivity index (χ3v) is 5.26. The number of thiophene rings is 1. The minimum Gasteiger partial charge on any atom is -0.337 e. The van der Waals surface area contributed by atoms with Crippen LogP contribution < -0.4 is 0 Å². The summed E-state index contributed by atoms with van der Waals surface area (Å²) in [6.07, 6.45) is 2.14. The fraction of sp³-hybridized carbons (Fsp3) is 0.294. The molecule has 1 atom stereocenters. The summed E-state index contributed by atoms with van der Waals surface area (Å²) in [6, 6.07) is 10.0. The van der Waals surface area contributed by atoms with Crippen molar-refractivity contribution in [2.75, 3.05) is 20.1 Å². The van der Waals surface area contributed by atoms with Crippen LogP contribution in [0.25, 0.3) is 10.1 Å². The predicted octanol–water partition coefficient (Wildman–Crippen LogP) is 2.76. The molecule has 2 heterocycles. The first-order valence-electron chi connectivity index (χ1n) is 7.27. The maximum atomic E-state index is 12.7. The van der Waals surface area contributed by atoms with Gasteiger partial charge >= 0.3 is 0 Å². The summed E-state index contributed by atoms with van der Waals surface area (Å²) in [4.78, 5) is 28.6. The number of amides is 2. The number of hydrogen-bond donors (Lipinski definition) is 0. The highest BCUT2D eigenvalue weighted by Crippen LogP contribution is 2.27. The predicted molar refractivity (Wildman–Crippen MR) is 89.1 cm³/mol. The molecular formula is C17H18N2O2S. The number of nitrogens with zero attached hydrogens (tertiary/aromatic N) is 2. The minimum atomic E-state index is -0.0646. The largest absolute Gasteiger partial charge is 0.337 e. The highest BCUT2D eigenvalue weighted by Gasteiger charge is 2.30. The molecule has 1 aliphatic rings. The number of fused-ring (bicyclic) bond motifs is 1. The van der Waals surface area contributed by atoms with Gasteiger partial charge in [-0.25, -0.2) is 0 Å². The summed E-state index contributed by atoms with van der Waals surface area (Å²) in [6.45, 7) is 4.77. The lowest BCUT2D eigenvalue weighted by Crippen LogP contribution is -2.39. The molecule has 1 aromatic carbocycles. The normalized spacial score (nSPS) is 17.7. The monoisotopic (exact) mass is 314 g/mol. The van der Waals surface area contributed by atoms with Gasteiger partial charge in [-0.15, -0.1) is 11.3 Å². The highest BCUT2D eigenvalue weighted by molar-refractivity contribution is 7.20. The van der Waals surface area contributed by atoms with Crippen molar-refractivity contribution in [1.82, 2.24) is 9.80 Å². The van der Waals surface area contributed by atoms with Crippen LogP contribution in [0, 0.1) is 0 Å². The second-order valence-corrected chi connectivity index (χ2v) is 6.58. The number of hydrogen-bond acceptors (Lipinski definition) is 3. The number of likely N-dealkylation sites (tertiary alicyclic amines) is 1. The molecule has 0 N–H and O–H groups in total. The quantitative estimate of drug-likeness (QED) is 0.817. The van der Waals surface area contributed by atoms with E-state index in [2.05, 4.69) is 6.58 Å². The molecule has 1 aromatic heterocycles.